The highest BCUT2D eigenvalue weighted by Crippen LogP contribution is 2.19. The summed E-state index contributed by atoms with van der Waals surface area (Å²) >= 11 is 0. The maximum Gasteiger partial charge on any atom is 0.273 e. The molecule has 6 nitrogen and oxygen atoms in total. The largest absolute Gasteiger partial charge is 0.354 e. The van der Waals surface area contributed by atoms with Gasteiger partial charge in [0.25, 0.3) is 5.69 Å². The van der Waals surface area contributed by atoms with Crippen LogP contribution in [0.3, 0.4) is 0 Å². The number of amides is 1. The SMILES string of the molecule is C[C@H]1CCCN([C@H](C)CNC(=O)Cc2ccccc2[N+](=O)[O-])C1. The molecule has 6 heteroatoms. The predicted octanol–water partition coefficient (Wildman–Crippen LogP) is 2.37. The summed E-state index contributed by atoms with van der Waals surface area (Å²) in [6, 6.07) is 6.67. The van der Waals surface area contributed by atoms with Crippen molar-refractivity contribution >= 4 is 11.6 Å². The Morgan fingerprint density at radius 1 is 1.48 bits per heavy atom. The number of piperidine rings is 1. The maximum absolute atomic E-state index is 12.1. The van der Waals surface area contributed by atoms with E-state index in [0.717, 1.165) is 13.1 Å². The van der Waals surface area contributed by atoms with Gasteiger partial charge in [-0.1, -0.05) is 25.1 Å². The van der Waals surface area contributed by atoms with E-state index in [4.69, 9.17) is 0 Å². The lowest BCUT2D eigenvalue weighted by Gasteiger charge is -2.35. The zero-order valence-electron chi connectivity index (χ0n) is 13.8. The molecular formula is C17H25N3O3. The predicted molar refractivity (Wildman–Crippen MR) is 89.2 cm³/mol. The molecule has 1 aliphatic heterocycles. The molecule has 1 fully saturated rings. The van der Waals surface area contributed by atoms with E-state index < -0.39 is 4.92 Å². The molecule has 0 unspecified atom stereocenters. The van der Waals surface area contributed by atoms with Crippen molar-refractivity contribution in [3.8, 4) is 0 Å². The standard InChI is InChI=1S/C17H25N3O3/c1-13-6-5-9-19(12-13)14(2)11-18-17(21)10-15-7-3-4-8-16(15)20(22)23/h3-4,7-8,13-14H,5-6,9-12H2,1-2H3,(H,18,21)/t13-,14+/m0/s1. The molecule has 1 heterocycles. The summed E-state index contributed by atoms with van der Waals surface area (Å²) in [7, 11) is 0. The number of nitrogens with zero attached hydrogens (tertiary/aromatic N) is 2. The average Bonchev–Trinajstić information content (AvgIpc) is 2.53. The Balaban J connectivity index is 1.84. The Morgan fingerprint density at radius 2 is 2.22 bits per heavy atom. The molecule has 1 amide bonds. The Bertz CT molecular complexity index is 562. The fourth-order valence-electron chi connectivity index (χ4n) is 3.09. The van der Waals surface area contributed by atoms with Crippen LogP contribution in [0.5, 0.6) is 0 Å². The maximum atomic E-state index is 12.1. The first kappa shape index (κ1) is 17.4. The van der Waals surface area contributed by atoms with E-state index in [1.165, 1.54) is 18.9 Å². The van der Waals surface area contributed by atoms with Crippen molar-refractivity contribution in [2.45, 2.75) is 39.2 Å². The first-order valence-corrected chi connectivity index (χ1v) is 8.20. The summed E-state index contributed by atoms with van der Waals surface area (Å²) < 4.78 is 0. The molecule has 1 aromatic carbocycles. The number of benzene rings is 1. The van der Waals surface area contributed by atoms with Gasteiger partial charge in [0.15, 0.2) is 0 Å². The van der Waals surface area contributed by atoms with Crippen LogP contribution in [0.25, 0.3) is 0 Å². The van der Waals surface area contributed by atoms with Crippen LogP contribution in [-0.4, -0.2) is 41.4 Å². The van der Waals surface area contributed by atoms with E-state index in [1.54, 1.807) is 18.2 Å². The minimum Gasteiger partial charge on any atom is -0.354 e. The second-order valence-corrected chi connectivity index (χ2v) is 6.46. The quantitative estimate of drug-likeness (QED) is 0.645. The third-order valence-corrected chi connectivity index (χ3v) is 4.45. The van der Waals surface area contributed by atoms with Crippen molar-refractivity contribution in [1.82, 2.24) is 10.2 Å². The van der Waals surface area contributed by atoms with Gasteiger partial charge in [-0.3, -0.25) is 19.8 Å². The van der Waals surface area contributed by atoms with Gasteiger partial charge < -0.3 is 5.32 Å². The zero-order valence-corrected chi connectivity index (χ0v) is 13.8. The normalized spacial score (nSPS) is 20.0. The molecule has 0 saturated carbocycles. The van der Waals surface area contributed by atoms with E-state index in [9.17, 15) is 14.9 Å². The fourth-order valence-corrected chi connectivity index (χ4v) is 3.09. The van der Waals surface area contributed by atoms with Gasteiger partial charge in [-0.15, -0.1) is 0 Å². The van der Waals surface area contributed by atoms with Gasteiger partial charge in [-0.2, -0.15) is 0 Å². The van der Waals surface area contributed by atoms with E-state index >= 15 is 0 Å². The number of rotatable bonds is 6. The average molecular weight is 319 g/mol. The van der Waals surface area contributed by atoms with Crippen molar-refractivity contribution in [2.75, 3.05) is 19.6 Å². The van der Waals surface area contributed by atoms with E-state index in [2.05, 4.69) is 24.1 Å². The molecule has 23 heavy (non-hydrogen) atoms. The third kappa shape index (κ3) is 5.03. The fraction of sp³-hybridized carbons (Fsp3) is 0.588. The van der Waals surface area contributed by atoms with Crippen molar-refractivity contribution < 1.29 is 9.72 Å². The van der Waals surface area contributed by atoms with Crippen LogP contribution in [0.4, 0.5) is 5.69 Å². The first-order chi connectivity index (χ1) is 11.0. The van der Waals surface area contributed by atoms with Gasteiger partial charge in [0.2, 0.25) is 5.91 Å². The van der Waals surface area contributed by atoms with E-state index in [0.29, 0.717) is 18.0 Å². The number of para-hydroxylation sites is 1. The molecule has 1 N–H and O–H groups in total. The molecule has 126 valence electrons. The highest BCUT2D eigenvalue weighted by molar-refractivity contribution is 5.79. The molecule has 1 saturated heterocycles. The lowest BCUT2D eigenvalue weighted by atomic mass is 9.99. The topological polar surface area (TPSA) is 75.5 Å². The van der Waals surface area contributed by atoms with E-state index in [1.807, 2.05) is 0 Å². The minimum atomic E-state index is -0.444. The number of nitrogens with one attached hydrogen (secondary N) is 1. The monoisotopic (exact) mass is 319 g/mol. The van der Waals surface area contributed by atoms with Crippen LogP contribution >= 0.6 is 0 Å². The Morgan fingerprint density at radius 3 is 2.91 bits per heavy atom. The van der Waals surface area contributed by atoms with E-state index in [-0.39, 0.29) is 24.1 Å². The molecule has 2 rings (SSSR count). The Hall–Kier alpha value is -1.95. The van der Waals surface area contributed by atoms with Crippen molar-refractivity contribution in [2.24, 2.45) is 5.92 Å². The molecule has 0 aromatic heterocycles. The first-order valence-electron chi connectivity index (χ1n) is 8.20. The van der Waals surface area contributed by atoms with Crippen LogP contribution in [0, 0.1) is 16.0 Å². The van der Waals surface area contributed by atoms with Gasteiger partial charge in [-0.25, -0.2) is 0 Å². The lowest BCUT2D eigenvalue weighted by Crippen LogP contribution is -2.46. The summed E-state index contributed by atoms with van der Waals surface area (Å²) in [5.74, 6) is 0.532. The number of hydrogen-bond donors (Lipinski definition) is 1. The number of hydrogen-bond acceptors (Lipinski definition) is 4. The van der Waals surface area contributed by atoms with Crippen LogP contribution in [0.15, 0.2) is 24.3 Å². The zero-order chi connectivity index (χ0) is 16.8. The van der Waals surface area contributed by atoms with Crippen molar-refractivity contribution in [3.63, 3.8) is 0 Å². The highest BCUT2D eigenvalue weighted by Gasteiger charge is 2.21. The van der Waals surface area contributed by atoms with Gasteiger partial charge in [-0.05, 0) is 32.2 Å². The Labute approximate surface area is 137 Å². The molecular weight excluding hydrogens is 294 g/mol. The molecule has 0 spiro atoms. The molecule has 0 aliphatic carbocycles. The number of nitro groups is 1. The van der Waals surface area contributed by atoms with Gasteiger partial charge >= 0.3 is 0 Å². The second kappa shape index (κ2) is 8.06. The molecule has 2 atom stereocenters. The summed E-state index contributed by atoms with van der Waals surface area (Å²) in [4.78, 5) is 25.0. The highest BCUT2D eigenvalue weighted by atomic mass is 16.6. The van der Waals surface area contributed by atoms with Gasteiger partial charge in [0, 0.05) is 30.8 Å². The summed E-state index contributed by atoms with van der Waals surface area (Å²) in [6.45, 7) is 7.09. The number of carbonyl (C=O) groups is 1. The summed E-state index contributed by atoms with van der Waals surface area (Å²) in [5, 5.41) is 13.9. The summed E-state index contributed by atoms with van der Waals surface area (Å²) in [5.41, 5.74) is 0.454. The molecule has 0 bridgehead atoms. The third-order valence-electron chi connectivity index (χ3n) is 4.45. The second-order valence-electron chi connectivity index (χ2n) is 6.46. The van der Waals surface area contributed by atoms with Gasteiger partial charge in [0.1, 0.15) is 0 Å². The molecule has 0 radical (unpaired) electrons. The summed E-state index contributed by atoms with van der Waals surface area (Å²) in [6.07, 6.45) is 2.52. The number of likely N-dealkylation sites (tertiary alicyclic amines) is 1. The molecule has 1 aliphatic rings. The minimum absolute atomic E-state index is 0.000513. The van der Waals surface area contributed by atoms with Crippen LogP contribution in [0.1, 0.15) is 32.3 Å². The van der Waals surface area contributed by atoms with Crippen LogP contribution in [0.2, 0.25) is 0 Å². The van der Waals surface area contributed by atoms with Crippen molar-refractivity contribution in [1.29, 1.82) is 0 Å². The number of nitro benzene ring substituents is 1. The lowest BCUT2D eigenvalue weighted by molar-refractivity contribution is -0.385. The van der Waals surface area contributed by atoms with Gasteiger partial charge in [0.05, 0.1) is 11.3 Å². The van der Waals surface area contributed by atoms with Crippen molar-refractivity contribution in [3.05, 3.63) is 39.9 Å². The Kier molecular flexibility index (Phi) is 6.10. The van der Waals surface area contributed by atoms with Crippen LogP contribution in [-0.2, 0) is 11.2 Å². The van der Waals surface area contributed by atoms with Crippen LogP contribution < -0.4 is 5.32 Å². The smallest absolute Gasteiger partial charge is 0.273 e. The number of carbonyl (C=O) groups excluding carboxylic acids is 1. The molecule has 1 aromatic rings.